The van der Waals surface area contributed by atoms with Crippen LogP contribution in [-0.4, -0.2) is 5.78 Å². The first-order valence-corrected chi connectivity index (χ1v) is 6.64. The Bertz CT molecular complexity index is 725. The average molecular weight is 344 g/mol. The van der Waals surface area contributed by atoms with Gasteiger partial charge in [0, 0.05) is 5.56 Å². The summed E-state index contributed by atoms with van der Waals surface area (Å²) in [5.74, 6) is -0.949. The number of alkyl halides is 6. The molecule has 0 amide bonds. The zero-order chi connectivity index (χ0) is 18.0. The summed E-state index contributed by atoms with van der Waals surface area (Å²) in [5.41, 5.74) is -3.12. The van der Waals surface area contributed by atoms with E-state index in [1.807, 2.05) is 0 Å². The lowest BCUT2D eigenvalue weighted by molar-refractivity contribution is -0.143. The normalized spacial score (nSPS) is 12.6. The highest BCUT2D eigenvalue weighted by Gasteiger charge is 2.37. The molecule has 0 aliphatic carbocycles. The number of carbonyl (C=O) groups is 1. The molecule has 0 spiro atoms. The number of allylic oxidation sites excluding steroid dienone is 1. The number of benzene rings is 2. The Kier molecular flexibility index (Phi) is 4.82. The van der Waals surface area contributed by atoms with Gasteiger partial charge in [0.15, 0.2) is 5.78 Å². The first-order valence-electron chi connectivity index (χ1n) is 6.64. The van der Waals surface area contributed by atoms with E-state index in [1.54, 1.807) is 30.3 Å². The molecule has 0 heterocycles. The minimum absolute atomic E-state index is 0.0162. The van der Waals surface area contributed by atoms with Gasteiger partial charge in [0.25, 0.3) is 0 Å². The van der Waals surface area contributed by atoms with Crippen molar-refractivity contribution in [3.8, 4) is 0 Å². The van der Waals surface area contributed by atoms with Crippen LogP contribution in [0.15, 0.2) is 54.6 Å². The summed E-state index contributed by atoms with van der Waals surface area (Å²) in [4.78, 5) is 12.0. The van der Waals surface area contributed by atoms with E-state index in [0.29, 0.717) is 17.7 Å². The Morgan fingerprint density at radius 2 is 1.29 bits per heavy atom. The maximum atomic E-state index is 12.8. The molecule has 0 aliphatic heterocycles. The molecule has 2 aromatic carbocycles. The minimum Gasteiger partial charge on any atom is -0.289 e. The third-order valence-electron chi connectivity index (χ3n) is 3.10. The van der Waals surface area contributed by atoms with Crippen molar-refractivity contribution < 1.29 is 31.1 Å². The molecule has 0 bridgehead atoms. The van der Waals surface area contributed by atoms with E-state index >= 15 is 0 Å². The third-order valence-corrected chi connectivity index (χ3v) is 3.10. The van der Waals surface area contributed by atoms with Crippen LogP contribution in [0.2, 0.25) is 0 Å². The van der Waals surface area contributed by atoms with Crippen molar-refractivity contribution in [2.45, 2.75) is 12.4 Å². The van der Waals surface area contributed by atoms with Crippen molar-refractivity contribution in [3.05, 3.63) is 76.9 Å². The van der Waals surface area contributed by atoms with Crippen molar-refractivity contribution in [2.75, 3.05) is 0 Å². The molecule has 0 aromatic heterocycles. The molecular formula is C17H10F6O. The summed E-state index contributed by atoms with van der Waals surface area (Å²) in [5, 5.41) is 0. The van der Waals surface area contributed by atoms with E-state index in [-0.39, 0.29) is 6.07 Å². The lowest BCUT2D eigenvalue weighted by Crippen LogP contribution is -2.13. The zero-order valence-corrected chi connectivity index (χ0v) is 11.9. The molecule has 0 N–H and O–H groups in total. The van der Waals surface area contributed by atoms with Gasteiger partial charge in [-0.3, -0.25) is 4.79 Å². The molecule has 2 aromatic rings. The molecular weight excluding hydrogens is 334 g/mol. The smallest absolute Gasteiger partial charge is 0.289 e. The van der Waals surface area contributed by atoms with E-state index in [9.17, 15) is 31.1 Å². The van der Waals surface area contributed by atoms with Crippen LogP contribution in [0.3, 0.4) is 0 Å². The van der Waals surface area contributed by atoms with Crippen LogP contribution in [-0.2, 0) is 12.4 Å². The molecule has 0 radical (unpaired) electrons. The molecule has 0 aliphatic rings. The van der Waals surface area contributed by atoms with Crippen LogP contribution in [0.5, 0.6) is 0 Å². The summed E-state index contributed by atoms with van der Waals surface area (Å²) in [6.07, 6.45) is -7.72. The van der Waals surface area contributed by atoms with E-state index < -0.39 is 34.8 Å². The Balaban J connectivity index is 2.41. The summed E-state index contributed by atoms with van der Waals surface area (Å²) >= 11 is 0. The maximum Gasteiger partial charge on any atom is 0.416 e. The largest absolute Gasteiger partial charge is 0.416 e. The van der Waals surface area contributed by atoms with E-state index in [0.717, 1.165) is 6.08 Å². The summed E-state index contributed by atoms with van der Waals surface area (Å²) in [6.45, 7) is 0. The van der Waals surface area contributed by atoms with E-state index in [4.69, 9.17) is 0 Å². The molecule has 0 atom stereocenters. The van der Waals surface area contributed by atoms with Crippen molar-refractivity contribution in [1.29, 1.82) is 0 Å². The van der Waals surface area contributed by atoms with Crippen LogP contribution in [0.4, 0.5) is 26.3 Å². The number of hydrogen-bond donors (Lipinski definition) is 0. The second kappa shape index (κ2) is 6.51. The molecule has 1 nitrogen and oxygen atoms in total. The predicted molar refractivity (Wildman–Crippen MR) is 76.3 cm³/mol. The molecule has 0 saturated carbocycles. The highest BCUT2D eigenvalue weighted by atomic mass is 19.4. The van der Waals surface area contributed by atoms with Crippen molar-refractivity contribution in [1.82, 2.24) is 0 Å². The number of rotatable bonds is 3. The van der Waals surface area contributed by atoms with Gasteiger partial charge in [0.2, 0.25) is 0 Å². The molecule has 126 valence electrons. The third kappa shape index (κ3) is 4.47. The molecule has 0 fully saturated rings. The number of ketones is 1. The second-order valence-electron chi connectivity index (χ2n) is 4.90. The fourth-order valence-electron chi connectivity index (χ4n) is 1.93. The van der Waals surface area contributed by atoms with E-state index in [1.165, 1.54) is 6.08 Å². The van der Waals surface area contributed by atoms with Gasteiger partial charge in [-0.1, -0.05) is 36.4 Å². The molecule has 2 rings (SSSR count). The number of carbonyl (C=O) groups excluding carboxylic acids is 1. The van der Waals surface area contributed by atoms with Gasteiger partial charge in [-0.2, -0.15) is 26.3 Å². The zero-order valence-electron chi connectivity index (χ0n) is 11.9. The van der Waals surface area contributed by atoms with Gasteiger partial charge < -0.3 is 0 Å². The van der Waals surface area contributed by atoms with Gasteiger partial charge in [0.1, 0.15) is 0 Å². The molecule has 7 heteroatoms. The maximum absolute atomic E-state index is 12.8. The second-order valence-corrected chi connectivity index (χ2v) is 4.90. The standard InChI is InChI=1S/C17H10F6O/c18-16(19,20)13-8-12(9-14(10-13)17(21,22)23)15(24)7-6-11-4-2-1-3-5-11/h1-10H. The summed E-state index contributed by atoms with van der Waals surface area (Å²) in [6, 6.07) is 9.15. The van der Waals surface area contributed by atoms with Crippen molar-refractivity contribution in [3.63, 3.8) is 0 Å². The van der Waals surface area contributed by atoms with Crippen molar-refractivity contribution in [2.24, 2.45) is 0 Å². The van der Waals surface area contributed by atoms with Gasteiger partial charge >= 0.3 is 12.4 Å². The average Bonchev–Trinajstić information content (AvgIpc) is 2.51. The van der Waals surface area contributed by atoms with Crippen LogP contribution < -0.4 is 0 Å². The SMILES string of the molecule is O=C(C=Cc1ccccc1)c1cc(C(F)(F)F)cc(C(F)(F)F)c1. The Morgan fingerprint density at radius 3 is 1.75 bits per heavy atom. The van der Waals surface area contributed by atoms with Crippen LogP contribution in [0, 0.1) is 0 Å². The first kappa shape index (κ1) is 17.8. The monoisotopic (exact) mass is 344 g/mol. The van der Waals surface area contributed by atoms with Gasteiger partial charge in [-0.05, 0) is 29.8 Å². The van der Waals surface area contributed by atoms with Crippen LogP contribution >= 0.6 is 0 Å². The highest BCUT2D eigenvalue weighted by molar-refractivity contribution is 6.07. The number of halogens is 6. The topological polar surface area (TPSA) is 17.1 Å². The Labute approximate surface area is 133 Å². The predicted octanol–water partition coefficient (Wildman–Crippen LogP) is 5.62. The fourth-order valence-corrected chi connectivity index (χ4v) is 1.93. The quantitative estimate of drug-likeness (QED) is 0.401. The summed E-state index contributed by atoms with van der Waals surface area (Å²) < 4.78 is 76.5. The van der Waals surface area contributed by atoms with Crippen LogP contribution in [0.1, 0.15) is 27.0 Å². The van der Waals surface area contributed by atoms with Gasteiger partial charge in [0.05, 0.1) is 11.1 Å². The highest BCUT2D eigenvalue weighted by Crippen LogP contribution is 2.36. The molecule has 0 saturated heterocycles. The lowest BCUT2D eigenvalue weighted by atomic mass is 10.0. The first-order chi connectivity index (χ1) is 11.1. The fraction of sp³-hybridized carbons (Fsp3) is 0.118. The van der Waals surface area contributed by atoms with Gasteiger partial charge in [-0.15, -0.1) is 0 Å². The molecule has 0 unspecified atom stereocenters. The van der Waals surface area contributed by atoms with Gasteiger partial charge in [-0.25, -0.2) is 0 Å². The minimum atomic E-state index is -4.99. The molecule has 24 heavy (non-hydrogen) atoms. The van der Waals surface area contributed by atoms with E-state index in [2.05, 4.69) is 0 Å². The number of hydrogen-bond acceptors (Lipinski definition) is 1. The van der Waals surface area contributed by atoms with Crippen molar-refractivity contribution >= 4 is 11.9 Å². The Hall–Kier alpha value is -2.57. The Morgan fingerprint density at radius 1 is 0.792 bits per heavy atom. The summed E-state index contributed by atoms with van der Waals surface area (Å²) in [7, 11) is 0. The van der Waals surface area contributed by atoms with Crippen LogP contribution in [0.25, 0.3) is 6.08 Å². The lowest BCUT2D eigenvalue weighted by Gasteiger charge is -2.13.